The molecule has 0 radical (unpaired) electrons. The molecule has 1 rings (SSSR count). The SMILES string of the molecule is COC(=O)C(C)(C)CNC(=O)Nc1ccnc(OC)n1. The number of methoxy groups -OCH3 is 2. The van der Waals surface area contributed by atoms with E-state index in [1.54, 1.807) is 13.8 Å². The number of urea groups is 1. The summed E-state index contributed by atoms with van der Waals surface area (Å²) in [6, 6.07) is 1.19. The third-order valence-electron chi connectivity index (χ3n) is 2.49. The van der Waals surface area contributed by atoms with Gasteiger partial charge in [-0.1, -0.05) is 0 Å². The smallest absolute Gasteiger partial charge is 0.320 e. The molecule has 0 fully saturated rings. The molecule has 20 heavy (non-hydrogen) atoms. The second kappa shape index (κ2) is 6.69. The van der Waals surface area contributed by atoms with Gasteiger partial charge < -0.3 is 14.8 Å². The van der Waals surface area contributed by atoms with Gasteiger partial charge in [0.2, 0.25) is 0 Å². The minimum absolute atomic E-state index is 0.133. The minimum atomic E-state index is -0.810. The van der Waals surface area contributed by atoms with Gasteiger partial charge in [-0.05, 0) is 19.9 Å². The molecule has 0 saturated heterocycles. The van der Waals surface area contributed by atoms with Crippen LogP contribution in [0, 0.1) is 5.41 Å². The molecule has 8 heteroatoms. The van der Waals surface area contributed by atoms with Crippen molar-refractivity contribution >= 4 is 17.8 Å². The Hall–Kier alpha value is -2.38. The fourth-order valence-corrected chi connectivity index (χ4v) is 1.32. The van der Waals surface area contributed by atoms with Crippen molar-refractivity contribution in [2.45, 2.75) is 13.8 Å². The van der Waals surface area contributed by atoms with Crippen LogP contribution < -0.4 is 15.4 Å². The van der Waals surface area contributed by atoms with Crippen molar-refractivity contribution in [2.24, 2.45) is 5.41 Å². The number of hydrogen-bond donors (Lipinski definition) is 2. The van der Waals surface area contributed by atoms with Crippen molar-refractivity contribution in [3.05, 3.63) is 12.3 Å². The molecular formula is C12H18N4O4. The maximum absolute atomic E-state index is 11.7. The van der Waals surface area contributed by atoms with Crippen molar-refractivity contribution in [2.75, 3.05) is 26.1 Å². The van der Waals surface area contributed by atoms with E-state index in [1.165, 1.54) is 26.5 Å². The minimum Gasteiger partial charge on any atom is -0.469 e. The van der Waals surface area contributed by atoms with Crippen molar-refractivity contribution in [3.63, 3.8) is 0 Å². The Morgan fingerprint density at radius 2 is 2.05 bits per heavy atom. The first kappa shape index (κ1) is 15.7. The lowest BCUT2D eigenvalue weighted by Gasteiger charge is -2.21. The molecule has 2 N–H and O–H groups in total. The van der Waals surface area contributed by atoms with Gasteiger partial charge in [-0.3, -0.25) is 10.1 Å². The molecule has 1 aromatic rings. The predicted octanol–water partition coefficient (Wildman–Crippen LogP) is 0.806. The van der Waals surface area contributed by atoms with E-state index in [9.17, 15) is 9.59 Å². The maximum atomic E-state index is 11.7. The summed E-state index contributed by atoms with van der Waals surface area (Å²) >= 11 is 0. The van der Waals surface area contributed by atoms with Gasteiger partial charge in [0.1, 0.15) is 5.82 Å². The summed E-state index contributed by atoms with van der Waals surface area (Å²) in [6.07, 6.45) is 1.46. The van der Waals surface area contributed by atoms with Gasteiger partial charge in [-0.15, -0.1) is 0 Å². The van der Waals surface area contributed by atoms with Crippen LogP contribution >= 0.6 is 0 Å². The first-order valence-electron chi connectivity index (χ1n) is 5.89. The number of ether oxygens (including phenoxy) is 2. The molecule has 0 atom stereocenters. The second-order valence-corrected chi connectivity index (χ2v) is 4.61. The van der Waals surface area contributed by atoms with Crippen LogP contribution in [-0.2, 0) is 9.53 Å². The standard InChI is InChI=1S/C12H18N4O4/c1-12(2,9(17)19-3)7-14-10(18)15-8-5-6-13-11(16-8)20-4/h5-6H,7H2,1-4H3,(H2,13,14,15,16,18). The van der Waals surface area contributed by atoms with Crippen molar-refractivity contribution in [1.82, 2.24) is 15.3 Å². The molecule has 0 unspecified atom stereocenters. The lowest BCUT2D eigenvalue weighted by Crippen LogP contribution is -2.41. The summed E-state index contributed by atoms with van der Waals surface area (Å²) in [4.78, 5) is 30.9. The van der Waals surface area contributed by atoms with Crippen molar-refractivity contribution in [3.8, 4) is 6.01 Å². The van der Waals surface area contributed by atoms with Gasteiger partial charge in [-0.2, -0.15) is 4.98 Å². The number of aromatic nitrogens is 2. The molecule has 0 aliphatic rings. The summed E-state index contributed by atoms with van der Waals surface area (Å²) in [6.45, 7) is 3.48. The topological polar surface area (TPSA) is 102 Å². The third-order valence-corrected chi connectivity index (χ3v) is 2.49. The molecule has 8 nitrogen and oxygen atoms in total. The summed E-state index contributed by atoms with van der Waals surface area (Å²) in [5, 5.41) is 5.08. The van der Waals surface area contributed by atoms with Gasteiger partial charge in [-0.25, -0.2) is 9.78 Å². The van der Waals surface area contributed by atoms with Crippen LogP contribution in [0.4, 0.5) is 10.6 Å². The summed E-state index contributed by atoms with van der Waals surface area (Å²) in [5.41, 5.74) is -0.810. The predicted molar refractivity (Wildman–Crippen MR) is 71.4 cm³/mol. The fourth-order valence-electron chi connectivity index (χ4n) is 1.32. The number of esters is 1. The normalized spacial score (nSPS) is 10.6. The molecule has 2 amide bonds. The van der Waals surface area contributed by atoms with E-state index in [0.29, 0.717) is 5.82 Å². The molecule has 0 aromatic carbocycles. The number of hydrogen-bond acceptors (Lipinski definition) is 6. The van der Waals surface area contributed by atoms with Gasteiger partial charge in [0.25, 0.3) is 0 Å². The summed E-state index contributed by atoms with van der Waals surface area (Å²) < 4.78 is 9.49. The van der Waals surface area contributed by atoms with E-state index >= 15 is 0 Å². The fraction of sp³-hybridized carbons (Fsp3) is 0.500. The van der Waals surface area contributed by atoms with Gasteiger partial charge >= 0.3 is 18.0 Å². The van der Waals surface area contributed by atoms with E-state index in [2.05, 4.69) is 25.3 Å². The highest BCUT2D eigenvalue weighted by Gasteiger charge is 2.29. The molecule has 0 spiro atoms. The molecule has 0 bridgehead atoms. The molecule has 0 aliphatic heterocycles. The number of amides is 2. The molecular weight excluding hydrogens is 264 g/mol. The molecule has 110 valence electrons. The molecule has 0 saturated carbocycles. The average molecular weight is 282 g/mol. The lowest BCUT2D eigenvalue weighted by molar-refractivity contribution is -0.150. The highest BCUT2D eigenvalue weighted by atomic mass is 16.5. The monoisotopic (exact) mass is 282 g/mol. The van der Waals surface area contributed by atoms with Crippen LogP contribution in [0.15, 0.2) is 12.3 Å². The Labute approximate surface area is 116 Å². The Bertz CT molecular complexity index is 490. The van der Waals surface area contributed by atoms with Crippen LogP contribution in [0.25, 0.3) is 0 Å². The zero-order chi connectivity index (χ0) is 15.2. The summed E-state index contributed by atoms with van der Waals surface area (Å²) in [7, 11) is 2.73. The Morgan fingerprint density at radius 1 is 1.35 bits per heavy atom. The van der Waals surface area contributed by atoms with E-state index in [-0.39, 0.29) is 12.6 Å². The highest BCUT2D eigenvalue weighted by Crippen LogP contribution is 2.15. The van der Waals surface area contributed by atoms with Crippen molar-refractivity contribution in [1.29, 1.82) is 0 Å². The number of nitrogens with one attached hydrogen (secondary N) is 2. The first-order chi connectivity index (χ1) is 9.39. The van der Waals surface area contributed by atoms with Gasteiger partial charge in [0, 0.05) is 12.7 Å². The van der Waals surface area contributed by atoms with E-state index < -0.39 is 17.4 Å². The molecule has 1 aromatic heterocycles. The first-order valence-corrected chi connectivity index (χ1v) is 5.89. The summed E-state index contributed by atoms with van der Waals surface area (Å²) in [5.74, 6) is -0.105. The zero-order valence-corrected chi connectivity index (χ0v) is 11.9. The maximum Gasteiger partial charge on any atom is 0.320 e. The average Bonchev–Trinajstić information content (AvgIpc) is 2.44. The zero-order valence-electron chi connectivity index (χ0n) is 11.9. The lowest BCUT2D eigenvalue weighted by atomic mass is 9.94. The number of nitrogens with zero attached hydrogens (tertiary/aromatic N) is 2. The van der Waals surface area contributed by atoms with Crippen LogP contribution in [0.3, 0.4) is 0 Å². The van der Waals surface area contributed by atoms with Crippen LogP contribution in [0.5, 0.6) is 6.01 Å². The van der Waals surface area contributed by atoms with E-state index in [0.717, 1.165) is 0 Å². The van der Waals surface area contributed by atoms with Gasteiger partial charge in [0.05, 0.1) is 19.6 Å². The van der Waals surface area contributed by atoms with Crippen LogP contribution in [0.1, 0.15) is 13.8 Å². The number of rotatable bonds is 5. The quantitative estimate of drug-likeness (QED) is 0.775. The number of carbonyl (C=O) groups is 2. The van der Waals surface area contributed by atoms with E-state index in [4.69, 9.17) is 4.74 Å². The second-order valence-electron chi connectivity index (χ2n) is 4.61. The van der Waals surface area contributed by atoms with Crippen molar-refractivity contribution < 1.29 is 19.1 Å². The Morgan fingerprint density at radius 3 is 2.65 bits per heavy atom. The van der Waals surface area contributed by atoms with Gasteiger partial charge in [0.15, 0.2) is 0 Å². The molecule has 0 aliphatic carbocycles. The number of anilines is 1. The Kier molecular flexibility index (Phi) is 5.24. The Balaban J connectivity index is 2.53. The highest BCUT2D eigenvalue weighted by molar-refractivity contribution is 5.88. The number of carbonyl (C=O) groups excluding carboxylic acids is 2. The van der Waals surface area contributed by atoms with Crippen LogP contribution in [-0.4, -0.2) is 42.7 Å². The van der Waals surface area contributed by atoms with Crippen LogP contribution in [0.2, 0.25) is 0 Å². The molecule has 1 heterocycles. The van der Waals surface area contributed by atoms with E-state index in [1.807, 2.05) is 0 Å². The largest absolute Gasteiger partial charge is 0.469 e. The third kappa shape index (κ3) is 4.38.